The molecule has 0 bridgehead atoms. The molecule has 2 aliphatic heterocycles. The Morgan fingerprint density at radius 1 is 0.716 bits per heavy atom. The van der Waals surface area contributed by atoms with Gasteiger partial charge in [0.1, 0.15) is 36.5 Å². The lowest BCUT2D eigenvalue weighted by Gasteiger charge is -2.32. The van der Waals surface area contributed by atoms with E-state index in [1.807, 2.05) is 0 Å². The molecule has 13 amide bonds. The predicted octanol–water partition coefficient (Wildman–Crippen LogP) is -4.09. The minimum absolute atomic E-state index is 0.0153. The zero-order valence-electron chi connectivity index (χ0n) is 49.5. The van der Waals surface area contributed by atoms with Gasteiger partial charge in [0.25, 0.3) is 11.8 Å². The van der Waals surface area contributed by atoms with Crippen molar-refractivity contribution in [3.8, 4) is 0 Å². The maximum atomic E-state index is 14.5. The maximum absolute atomic E-state index is 14.5. The molecule has 476 valence electrons. The summed E-state index contributed by atoms with van der Waals surface area (Å²) < 4.78 is 0. The maximum Gasteiger partial charge on any atom is 0.253 e. The fraction of sp³-hybridized carbons (Fsp3) is 0.483. The van der Waals surface area contributed by atoms with Crippen LogP contribution in [0.4, 0.5) is 5.69 Å². The van der Waals surface area contributed by atoms with Crippen molar-refractivity contribution in [1.82, 2.24) is 68.0 Å². The van der Waals surface area contributed by atoms with Gasteiger partial charge in [0.15, 0.2) is 0 Å². The van der Waals surface area contributed by atoms with Crippen molar-refractivity contribution in [1.29, 1.82) is 0 Å². The molecule has 1 fully saturated rings. The van der Waals surface area contributed by atoms with Gasteiger partial charge in [0.2, 0.25) is 65.0 Å². The number of aliphatic hydroxyl groups excluding tert-OH is 2. The number of likely N-dealkylation sites (N-methyl/N-ethyl adjacent to an activating group) is 1. The quantitative estimate of drug-likeness (QED) is 0.0200. The number of nitrogens with zero attached hydrogens (tertiary/aromatic N) is 2. The number of aliphatic hydroxyl groups is 2. The van der Waals surface area contributed by atoms with E-state index in [9.17, 15) is 77.3 Å². The van der Waals surface area contributed by atoms with E-state index < -0.39 is 157 Å². The largest absolute Gasteiger partial charge is 0.394 e. The lowest BCUT2D eigenvalue weighted by atomic mass is 9.94. The number of H-pyrrole nitrogens is 1. The highest BCUT2D eigenvalue weighted by atomic mass is 16.3. The molecule has 2 aliphatic rings. The van der Waals surface area contributed by atoms with Gasteiger partial charge in [-0.05, 0) is 62.1 Å². The Morgan fingerprint density at radius 3 is 2.05 bits per heavy atom. The number of aromatic amines is 1. The lowest BCUT2D eigenvalue weighted by molar-refractivity contribution is -0.142. The van der Waals surface area contributed by atoms with Crippen LogP contribution in [0.3, 0.4) is 0 Å². The average Bonchev–Trinajstić information content (AvgIpc) is 4.40. The predicted molar refractivity (Wildman–Crippen MR) is 315 cm³/mol. The minimum Gasteiger partial charge on any atom is -0.394 e. The van der Waals surface area contributed by atoms with E-state index >= 15 is 0 Å². The Morgan fingerprint density at radius 2 is 1.38 bits per heavy atom. The third-order valence-electron chi connectivity index (χ3n) is 14.9. The highest BCUT2D eigenvalue weighted by molar-refractivity contribution is 6.13. The molecule has 1 unspecified atom stereocenters. The second kappa shape index (κ2) is 34.1. The first-order chi connectivity index (χ1) is 42.0. The second-order valence-electron chi connectivity index (χ2n) is 21.2. The molecule has 88 heavy (non-hydrogen) atoms. The van der Waals surface area contributed by atoms with Crippen LogP contribution in [0.5, 0.6) is 0 Å². The molecule has 0 radical (unpaired) electrons. The molecule has 30 heteroatoms. The number of benzene rings is 2. The molecular formula is C58H78N14O16. The summed E-state index contributed by atoms with van der Waals surface area (Å²) >= 11 is 0. The molecule has 3 aromatic rings. The van der Waals surface area contributed by atoms with E-state index in [-0.39, 0.29) is 51.9 Å². The summed E-state index contributed by atoms with van der Waals surface area (Å²) in [5.74, 6) is -10.4. The fourth-order valence-corrected chi connectivity index (χ4v) is 9.50. The van der Waals surface area contributed by atoms with Crippen LogP contribution < -0.4 is 58.5 Å². The lowest BCUT2D eigenvalue weighted by Crippen LogP contribution is -2.61. The topological polar surface area (TPSA) is 434 Å². The Labute approximate surface area is 506 Å². The van der Waals surface area contributed by atoms with Crippen LogP contribution in [-0.4, -0.2) is 203 Å². The van der Waals surface area contributed by atoms with Crippen molar-refractivity contribution in [2.45, 2.75) is 115 Å². The normalized spacial score (nSPS) is 16.3. The highest BCUT2D eigenvalue weighted by Gasteiger charge is 2.41. The molecule has 0 aliphatic carbocycles. The van der Waals surface area contributed by atoms with E-state index in [1.165, 1.54) is 25.8 Å². The summed E-state index contributed by atoms with van der Waals surface area (Å²) in [5, 5.41) is 49.7. The van der Waals surface area contributed by atoms with Crippen LogP contribution in [0.1, 0.15) is 70.9 Å². The average molecular weight is 1230 g/mol. The summed E-state index contributed by atoms with van der Waals surface area (Å²) in [7, 11) is 1.46. The summed E-state index contributed by atoms with van der Waals surface area (Å²) in [6.07, 6.45) is 2.92. The number of para-hydroxylation sites is 1. The van der Waals surface area contributed by atoms with Gasteiger partial charge in [-0.1, -0.05) is 57.5 Å². The zero-order chi connectivity index (χ0) is 64.6. The van der Waals surface area contributed by atoms with Crippen molar-refractivity contribution < 1.29 is 77.3 Å². The molecule has 0 spiro atoms. The first kappa shape index (κ1) is 69.4. The highest BCUT2D eigenvalue weighted by Crippen LogP contribution is 2.23. The number of hydrogen-bond donors (Lipinski definition) is 14. The van der Waals surface area contributed by atoms with Gasteiger partial charge in [0.05, 0.1) is 51.4 Å². The molecule has 30 nitrogen and oxygen atoms in total. The molecule has 9 atom stereocenters. The molecule has 14 N–H and O–H groups in total. The van der Waals surface area contributed by atoms with E-state index in [4.69, 9.17) is 0 Å². The Kier molecular flexibility index (Phi) is 26.8. The zero-order valence-corrected chi connectivity index (χ0v) is 49.5. The van der Waals surface area contributed by atoms with E-state index in [0.29, 0.717) is 46.8 Å². The molecule has 5 rings (SSSR count). The second-order valence-corrected chi connectivity index (χ2v) is 21.2. The van der Waals surface area contributed by atoms with Crippen LogP contribution in [0.2, 0.25) is 0 Å². The van der Waals surface area contributed by atoms with Gasteiger partial charge in [-0.2, -0.15) is 0 Å². The Bertz CT molecular complexity index is 3060. The van der Waals surface area contributed by atoms with Gasteiger partial charge in [-0.3, -0.25) is 67.2 Å². The summed E-state index contributed by atoms with van der Waals surface area (Å²) in [4.78, 5) is 186. The third-order valence-corrected chi connectivity index (χ3v) is 14.9. The van der Waals surface area contributed by atoms with E-state index in [2.05, 4.69) is 63.5 Å². The molecule has 0 saturated carbocycles. The van der Waals surface area contributed by atoms with Crippen molar-refractivity contribution in [3.05, 3.63) is 78.0 Å². The van der Waals surface area contributed by atoms with Crippen molar-refractivity contribution >= 4 is 99.7 Å². The SMILES string of the molecule is CC[C@H](C)C(NC(=O)CNC(=O)[C@@H](Cc1c[nH]c2ccccc12)NC(=O)[C@@H](NC(=O)[C@@H]1CCCN1C(=O)[C@H](CC(=O)NCc1ccc(NC(=O)[C@H](C)NC(=O)CNC(=O)CCN2C(=O)C=CC2=O)cc1)NC)[C@@H](C)[C@@H](O)CO)C(=O)NCC(=O)NCC=O. The Balaban J connectivity index is 1.17. The van der Waals surface area contributed by atoms with Crippen molar-refractivity contribution in [3.63, 3.8) is 0 Å². The molecule has 3 heterocycles. The van der Waals surface area contributed by atoms with Gasteiger partial charge in [0, 0.05) is 73.3 Å². The molecular weight excluding hydrogens is 1150 g/mol. The van der Waals surface area contributed by atoms with Crippen LogP contribution in [0.15, 0.2) is 66.9 Å². The first-order valence-electron chi connectivity index (χ1n) is 28.7. The monoisotopic (exact) mass is 1230 g/mol. The number of amides is 13. The number of likely N-dealkylation sites (tertiary alicyclic amines) is 1. The van der Waals surface area contributed by atoms with Crippen molar-refractivity contribution in [2.24, 2.45) is 11.8 Å². The smallest absolute Gasteiger partial charge is 0.253 e. The number of aldehydes is 1. The van der Waals surface area contributed by atoms with Crippen LogP contribution in [0.25, 0.3) is 10.9 Å². The Hall–Kier alpha value is -9.42. The van der Waals surface area contributed by atoms with Crippen LogP contribution in [-0.2, 0) is 80.1 Å². The third kappa shape index (κ3) is 20.4. The van der Waals surface area contributed by atoms with Gasteiger partial charge < -0.3 is 83.4 Å². The molecule has 2 aromatic carbocycles. The number of aromatic nitrogens is 1. The van der Waals surface area contributed by atoms with Gasteiger partial charge >= 0.3 is 0 Å². The summed E-state index contributed by atoms with van der Waals surface area (Å²) in [6, 6.07) is 6.02. The summed E-state index contributed by atoms with van der Waals surface area (Å²) in [5.41, 5.74) is 2.26. The fourth-order valence-electron chi connectivity index (χ4n) is 9.50. The van der Waals surface area contributed by atoms with Crippen LogP contribution >= 0.6 is 0 Å². The number of nitrogens with one attached hydrogen (secondary N) is 12. The molecule has 1 aromatic heterocycles. The summed E-state index contributed by atoms with van der Waals surface area (Å²) in [6.45, 7) is 3.56. The number of hydrogen-bond acceptors (Lipinski definition) is 17. The first-order valence-corrected chi connectivity index (χ1v) is 28.7. The number of carbonyl (C=O) groups is 14. The molecule has 1 saturated heterocycles. The standard InChI is InChI=1S/C58H78N14O16/c1-6-32(2)51(56(86)65-28-46(78)60-20-23-73)69-48(80)30-64-54(84)40(24-36-27-61-39-11-8-7-10-38(36)39)68-57(87)52(33(3)43(75)31-74)70-55(85)42-12-9-21-71(42)58(88)41(59-5)25-45(77)62-26-35-13-15-37(16-14-35)67-53(83)34(4)66-47(79)29-63-44(76)19-22-72-49(81)17-18-50(72)82/h7-8,10-11,13-18,23,27,32-34,40-43,51-52,59,61,74-75H,6,9,12,19-22,24-26,28-31H2,1-5H3,(H,60,78)(H,62,77)(H,63,76)(H,64,84)(H,65,86)(H,66,79)(H,67,83)(H,68,87)(H,69,80)(H,70,85)/t32-,33-,34-,40+,41-,42-,43-,51?,52-/m0/s1. The minimum atomic E-state index is -1.62. The number of imide groups is 1. The number of rotatable bonds is 34. The number of fused-ring (bicyclic) bond motifs is 1. The van der Waals surface area contributed by atoms with Gasteiger partial charge in [-0.15, -0.1) is 0 Å². The van der Waals surface area contributed by atoms with Crippen molar-refractivity contribution in [2.75, 3.05) is 58.2 Å². The number of anilines is 1. The van der Waals surface area contributed by atoms with Crippen LogP contribution in [0, 0.1) is 11.8 Å². The van der Waals surface area contributed by atoms with E-state index in [1.54, 1.807) is 68.6 Å². The van der Waals surface area contributed by atoms with Gasteiger partial charge in [-0.25, -0.2) is 0 Å². The number of carbonyl (C=O) groups excluding carboxylic acids is 14. The van der Waals surface area contributed by atoms with E-state index in [0.717, 1.165) is 17.1 Å².